The van der Waals surface area contributed by atoms with Gasteiger partial charge in [0.1, 0.15) is 11.5 Å². The predicted molar refractivity (Wildman–Crippen MR) is 45.7 cm³/mol. The summed E-state index contributed by atoms with van der Waals surface area (Å²) in [6.45, 7) is 0. The van der Waals surface area contributed by atoms with Gasteiger partial charge in [0.15, 0.2) is 0 Å². The molecule has 0 bridgehead atoms. The number of aromatic amines is 1. The van der Waals surface area contributed by atoms with Crippen molar-refractivity contribution in [3.63, 3.8) is 0 Å². The van der Waals surface area contributed by atoms with Crippen LogP contribution in [0.4, 0.5) is 5.82 Å². The number of fused-ring (bicyclic) bond motifs is 1. The highest BCUT2D eigenvalue weighted by atomic mass is 16.1. The van der Waals surface area contributed by atoms with Gasteiger partial charge < -0.3 is 15.3 Å². The van der Waals surface area contributed by atoms with Crippen LogP contribution in [0.15, 0.2) is 17.2 Å². The zero-order valence-corrected chi connectivity index (χ0v) is 6.53. The Morgan fingerprint density at radius 2 is 2.42 bits per heavy atom. The van der Waals surface area contributed by atoms with Crippen molar-refractivity contribution in [3.8, 4) is 0 Å². The topological polar surface area (TPSA) is 76.7 Å². The number of hydrogen-bond donors (Lipinski definition) is 2. The van der Waals surface area contributed by atoms with Crippen LogP contribution in [0.1, 0.15) is 0 Å². The van der Waals surface area contributed by atoms with E-state index in [-0.39, 0.29) is 5.56 Å². The van der Waals surface area contributed by atoms with E-state index in [0.29, 0.717) is 16.9 Å². The first kappa shape index (κ1) is 6.90. The molecular weight excluding hydrogens is 156 g/mol. The Kier molecular flexibility index (Phi) is 1.21. The zero-order chi connectivity index (χ0) is 8.72. The molecule has 0 unspecified atom stereocenters. The van der Waals surface area contributed by atoms with E-state index in [0.717, 1.165) is 0 Å². The summed E-state index contributed by atoms with van der Waals surface area (Å²) in [6.07, 6.45) is 1.46. The van der Waals surface area contributed by atoms with Gasteiger partial charge in [0.25, 0.3) is 5.56 Å². The van der Waals surface area contributed by atoms with E-state index < -0.39 is 0 Å². The smallest absolute Gasteiger partial charge is 0.262 e. The Balaban J connectivity index is 2.99. The van der Waals surface area contributed by atoms with Crippen LogP contribution in [-0.4, -0.2) is 14.5 Å². The van der Waals surface area contributed by atoms with Crippen LogP contribution >= 0.6 is 0 Å². The second kappa shape index (κ2) is 2.10. The maximum Gasteiger partial charge on any atom is 0.262 e. The molecule has 0 saturated carbocycles. The number of nitrogens with one attached hydrogen (secondary N) is 1. The van der Waals surface area contributed by atoms with E-state index in [1.165, 1.54) is 10.9 Å². The lowest BCUT2D eigenvalue weighted by atomic mass is 10.4. The largest absolute Gasteiger partial charge is 0.385 e. The van der Waals surface area contributed by atoms with E-state index in [1.54, 1.807) is 13.1 Å². The SMILES string of the molecule is Cn1cnc2[nH]c(N)cc2c1=O. The summed E-state index contributed by atoms with van der Waals surface area (Å²) in [7, 11) is 1.65. The number of nitrogen functional groups attached to an aromatic ring is 1. The van der Waals surface area contributed by atoms with Crippen LogP contribution in [0.2, 0.25) is 0 Å². The van der Waals surface area contributed by atoms with Gasteiger partial charge in [0, 0.05) is 7.05 Å². The number of anilines is 1. The average molecular weight is 164 g/mol. The first-order valence-electron chi connectivity index (χ1n) is 3.48. The van der Waals surface area contributed by atoms with Crippen molar-refractivity contribution in [2.24, 2.45) is 7.05 Å². The molecule has 0 aliphatic rings. The van der Waals surface area contributed by atoms with Crippen LogP contribution < -0.4 is 11.3 Å². The maximum atomic E-state index is 11.4. The van der Waals surface area contributed by atoms with E-state index in [4.69, 9.17) is 5.73 Å². The number of nitrogens with two attached hydrogens (primary N) is 1. The number of aryl methyl sites for hydroxylation is 1. The van der Waals surface area contributed by atoms with Gasteiger partial charge in [-0.05, 0) is 6.07 Å². The second-order valence-corrected chi connectivity index (χ2v) is 2.65. The molecule has 5 nitrogen and oxygen atoms in total. The molecule has 62 valence electrons. The summed E-state index contributed by atoms with van der Waals surface area (Å²) in [5.74, 6) is 0.459. The molecule has 0 aliphatic carbocycles. The third-order valence-corrected chi connectivity index (χ3v) is 1.73. The van der Waals surface area contributed by atoms with E-state index >= 15 is 0 Å². The number of hydrogen-bond acceptors (Lipinski definition) is 3. The van der Waals surface area contributed by atoms with Crippen molar-refractivity contribution in [1.29, 1.82) is 0 Å². The minimum absolute atomic E-state index is 0.0899. The number of aromatic nitrogens is 3. The first-order chi connectivity index (χ1) is 5.68. The Morgan fingerprint density at radius 1 is 1.67 bits per heavy atom. The number of nitrogens with zero attached hydrogens (tertiary/aromatic N) is 2. The Hall–Kier alpha value is -1.78. The highest BCUT2D eigenvalue weighted by Gasteiger charge is 2.03. The maximum absolute atomic E-state index is 11.4. The van der Waals surface area contributed by atoms with Crippen molar-refractivity contribution in [1.82, 2.24) is 14.5 Å². The van der Waals surface area contributed by atoms with Gasteiger partial charge in [0.2, 0.25) is 0 Å². The Labute approximate surface area is 67.8 Å². The summed E-state index contributed by atoms with van der Waals surface area (Å²) < 4.78 is 1.41. The molecule has 12 heavy (non-hydrogen) atoms. The molecule has 5 heteroatoms. The summed E-state index contributed by atoms with van der Waals surface area (Å²) >= 11 is 0. The molecule has 0 aliphatic heterocycles. The van der Waals surface area contributed by atoms with Gasteiger partial charge in [-0.15, -0.1) is 0 Å². The van der Waals surface area contributed by atoms with Gasteiger partial charge in [0.05, 0.1) is 11.7 Å². The fourth-order valence-corrected chi connectivity index (χ4v) is 1.12. The van der Waals surface area contributed by atoms with Gasteiger partial charge >= 0.3 is 0 Å². The van der Waals surface area contributed by atoms with Crippen molar-refractivity contribution in [2.45, 2.75) is 0 Å². The second-order valence-electron chi connectivity index (χ2n) is 2.65. The molecule has 2 aromatic rings. The molecule has 2 heterocycles. The lowest BCUT2D eigenvalue weighted by Gasteiger charge is -1.93. The molecule has 3 N–H and O–H groups in total. The molecular formula is C7H8N4O. The molecule has 0 radical (unpaired) electrons. The first-order valence-corrected chi connectivity index (χ1v) is 3.48. The van der Waals surface area contributed by atoms with Gasteiger partial charge in [-0.2, -0.15) is 0 Å². The van der Waals surface area contributed by atoms with E-state index in [1.807, 2.05) is 0 Å². The highest BCUT2D eigenvalue weighted by molar-refractivity contribution is 5.78. The normalized spacial score (nSPS) is 10.8. The lowest BCUT2D eigenvalue weighted by molar-refractivity contribution is 0.842. The fourth-order valence-electron chi connectivity index (χ4n) is 1.12. The van der Waals surface area contributed by atoms with Crippen LogP contribution in [-0.2, 0) is 7.05 Å². The van der Waals surface area contributed by atoms with Gasteiger partial charge in [-0.25, -0.2) is 4.98 Å². The van der Waals surface area contributed by atoms with Crippen LogP contribution in [0, 0.1) is 0 Å². The molecule has 0 saturated heterocycles. The predicted octanol–water partition coefficient (Wildman–Crippen LogP) is -0.156. The van der Waals surface area contributed by atoms with E-state index in [2.05, 4.69) is 9.97 Å². The number of rotatable bonds is 0. The lowest BCUT2D eigenvalue weighted by Crippen LogP contribution is -2.15. The quantitative estimate of drug-likeness (QED) is 0.568. The van der Waals surface area contributed by atoms with Crippen LogP contribution in [0.25, 0.3) is 11.0 Å². The van der Waals surface area contributed by atoms with Crippen molar-refractivity contribution < 1.29 is 0 Å². The summed E-state index contributed by atoms with van der Waals surface area (Å²) in [4.78, 5) is 18.2. The van der Waals surface area contributed by atoms with Crippen LogP contribution in [0.3, 0.4) is 0 Å². The molecule has 0 aromatic carbocycles. The molecule has 0 fully saturated rings. The minimum atomic E-state index is -0.0899. The minimum Gasteiger partial charge on any atom is -0.385 e. The zero-order valence-electron chi connectivity index (χ0n) is 6.53. The Bertz CT molecular complexity index is 482. The molecule has 2 aromatic heterocycles. The van der Waals surface area contributed by atoms with Gasteiger partial charge in [-0.1, -0.05) is 0 Å². The highest BCUT2D eigenvalue weighted by Crippen LogP contribution is 2.08. The summed E-state index contributed by atoms with van der Waals surface area (Å²) in [5, 5.41) is 0.525. The third kappa shape index (κ3) is 0.795. The van der Waals surface area contributed by atoms with Gasteiger partial charge in [-0.3, -0.25) is 4.79 Å². The fraction of sp³-hybridized carbons (Fsp3) is 0.143. The average Bonchev–Trinajstić information content (AvgIpc) is 2.39. The molecule has 0 spiro atoms. The Morgan fingerprint density at radius 3 is 3.17 bits per heavy atom. The summed E-state index contributed by atoms with van der Waals surface area (Å²) in [5.41, 5.74) is 5.91. The van der Waals surface area contributed by atoms with Crippen molar-refractivity contribution >= 4 is 16.9 Å². The standard InChI is InChI=1S/C7H8N4O/c1-11-3-9-6-4(7(11)12)2-5(8)10-6/h2-3,10H,8H2,1H3. The number of H-pyrrole nitrogens is 1. The molecule has 0 atom stereocenters. The molecule has 0 amide bonds. The third-order valence-electron chi connectivity index (χ3n) is 1.73. The van der Waals surface area contributed by atoms with E-state index in [9.17, 15) is 4.79 Å². The monoisotopic (exact) mass is 164 g/mol. The van der Waals surface area contributed by atoms with Crippen LogP contribution in [0.5, 0.6) is 0 Å². The summed E-state index contributed by atoms with van der Waals surface area (Å²) in [6, 6.07) is 1.59. The molecule has 2 rings (SSSR count). The van der Waals surface area contributed by atoms with Crippen molar-refractivity contribution in [3.05, 3.63) is 22.7 Å². The van der Waals surface area contributed by atoms with Crippen molar-refractivity contribution in [2.75, 3.05) is 5.73 Å².